The molecular formula is C16H26N2O. The summed E-state index contributed by atoms with van der Waals surface area (Å²) in [5.41, 5.74) is 1.26. The van der Waals surface area contributed by atoms with Crippen LogP contribution in [0.25, 0.3) is 0 Å². The molecule has 0 aliphatic carbocycles. The number of rotatable bonds is 7. The monoisotopic (exact) mass is 262 g/mol. The number of hydrogen-bond acceptors (Lipinski definition) is 2. The third kappa shape index (κ3) is 5.03. The highest BCUT2D eigenvalue weighted by molar-refractivity contribution is 5.81. The molecular weight excluding hydrogens is 236 g/mol. The second-order valence-electron chi connectivity index (χ2n) is 5.00. The number of nitrogens with one attached hydrogen (secondary N) is 1. The molecule has 0 saturated carbocycles. The van der Waals surface area contributed by atoms with Crippen LogP contribution in [0.5, 0.6) is 0 Å². The zero-order valence-corrected chi connectivity index (χ0v) is 12.5. The van der Waals surface area contributed by atoms with E-state index in [1.165, 1.54) is 5.56 Å². The molecule has 0 aliphatic heterocycles. The van der Waals surface area contributed by atoms with E-state index in [9.17, 15) is 4.79 Å². The van der Waals surface area contributed by atoms with Gasteiger partial charge in [-0.05, 0) is 38.9 Å². The van der Waals surface area contributed by atoms with Crippen molar-refractivity contribution in [2.24, 2.45) is 0 Å². The number of hydrogen-bond donors (Lipinski definition) is 1. The Morgan fingerprint density at radius 2 is 1.74 bits per heavy atom. The Bertz CT molecular complexity index is 374. The summed E-state index contributed by atoms with van der Waals surface area (Å²) >= 11 is 0. The zero-order valence-electron chi connectivity index (χ0n) is 12.5. The minimum absolute atomic E-state index is 0.0618. The van der Waals surface area contributed by atoms with Crippen molar-refractivity contribution >= 4 is 5.91 Å². The molecule has 2 unspecified atom stereocenters. The molecule has 3 nitrogen and oxygen atoms in total. The first-order chi connectivity index (χ1) is 9.08. The molecule has 3 heteroatoms. The van der Waals surface area contributed by atoms with Crippen molar-refractivity contribution in [2.75, 3.05) is 13.1 Å². The minimum Gasteiger partial charge on any atom is -0.352 e. The van der Waals surface area contributed by atoms with Crippen molar-refractivity contribution in [3.8, 4) is 0 Å². The van der Waals surface area contributed by atoms with Crippen molar-refractivity contribution in [2.45, 2.75) is 46.2 Å². The summed E-state index contributed by atoms with van der Waals surface area (Å²) < 4.78 is 0. The van der Waals surface area contributed by atoms with Gasteiger partial charge < -0.3 is 5.32 Å². The maximum absolute atomic E-state index is 12.2. The predicted octanol–water partition coefficient (Wildman–Crippen LogP) is 2.46. The van der Waals surface area contributed by atoms with Crippen molar-refractivity contribution in [3.63, 3.8) is 0 Å². The molecule has 1 rings (SSSR count). The van der Waals surface area contributed by atoms with Gasteiger partial charge in [0.25, 0.3) is 0 Å². The molecule has 0 aliphatic rings. The van der Waals surface area contributed by atoms with Gasteiger partial charge in [-0.15, -0.1) is 0 Å². The van der Waals surface area contributed by atoms with Gasteiger partial charge in [0.05, 0.1) is 6.04 Å². The molecule has 1 N–H and O–H groups in total. The SMILES string of the molecule is CCN(CC)C(C)C(=O)NC(C)Cc1ccccc1. The quantitative estimate of drug-likeness (QED) is 0.818. The van der Waals surface area contributed by atoms with E-state index in [1.54, 1.807) is 0 Å². The summed E-state index contributed by atoms with van der Waals surface area (Å²) in [5, 5.41) is 3.10. The van der Waals surface area contributed by atoms with Crippen molar-refractivity contribution in [1.29, 1.82) is 0 Å². The van der Waals surface area contributed by atoms with E-state index in [2.05, 4.69) is 43.1 Å². The summed E-state index contributed by atoms with van der Waals surface area (Å²) in [4.78, 5) is 14.3. The highest BCUT2D eigenvalue weighted by Crippen LogP contribution is 2.04. The van der Waals surface area contributed by atoms with Crippen LogP contribution in [-0.2, 0) is 11.2 Å². The van der Waals surface area contributed by atoms with Gasteiger partial charge in [-0.25, -0.2) is 0 Å². The van der Waals surface area contributed by atoms with Crippen LogP contribution >= 0.6 is 0 Å². The van der Waals surface area contributed by atoms with Crippen LogP contribution in [0.4, 0.5) is 0 Å². The molecule has 0 fully saturated rings. The highest BCUT2D eigenvalue weighted by Gasteiger charge is 2.19. The Hall–Kier alpha value is -1.35. The molecule has 106 valence electrons. The first-order valence-electron chi connectivity index (χ1n) is 7.16. The average molecular weight is 262 g/mol. The first-order valence-corrected chi connectivity index (χ1v) is 7.16. The summed E-state index contributed by atoms with van der Waals surface area (Å²) in [5.74, 6) is 0.118. The fourth-order valence-electron chi connectivity index (χ4n) is 2.32. The Morgan fingerprint density at radius 3 is 2.26 bits per heavy atom. The van der Waals surface area contributed by atoms with Crippen LogP contribution in [-0.4, -0.2) is 36.0 Å². The Morgan fingerprint density at radius 1 is 1.16 bits per heavy atom. The number of carbonyl (C=O) groups is 1. The number of amides is 1. The van der Waals surface area contributed by atoms with E-state index >= 15 is 0 Å². The third-order valence-electron chi connectivity index (χ3n) is 3.51. The number of likely N-dealkylation sites (N-methyl/N-ethyl adjacent to an activating group) is 1. The van der Waals surface area contributed by atoms with Gasteiger partial charge in [-0.2, -0.15) is 0 Å². The molecule has 0 saturated heterocycles. The van der Waals surface area contributed by atoms with Crippen molar-refractivity contribution in [1.82, 2.24) is 10.2 Å². The van der Waals surface area contributed by atoms with Crippen LogP contribution < -0.4 is 5.32 Å². The molecule has 0 heterocycles. The van der Waals surface area contributed by atoms with E-state index in [0.717, 1.165) is 19.5 Å². The molecule has 1 aromatic rings. The molecule has 0 aromatic heterocycles. The lowest BCUT2D eigenvalue weighted by molar-refractivity contribution is -0.126. The smallest absolute Gasteiger partial charge is 0.237 e. The minimum atomic E-state index is -0.0618. The van der Waals surface area contributed by atoms with Crippen LogP contribution in [0.15, 0.2) is 30.3 Å². The lowest BCUT2D eigenvalue weighted by Gasteiger charge is -2.26. The van der Waals surface area contributed by atoms with Gasteiger partial charge in [-0.1, -0.05) is 44.2 Å². The molecule has 1 amide bonds. The van der Waals surface area contributed by atoms with E-state index in [-0.39, 0.29) is 18.0 Å². The van der Waals surface area contributed by atoms with Gasteiger partial charge in [0, 0.05) is 6.04 Å². The largest absolute Gasteiger partial charge is 0.352 e. The fraction of sp³-hybridized carbons (Fsp3) is 0.562. The maximum Gasteiger partial charge on any atom is 0.237 e. The number of carbonyl (C=O) groups excluding carboxylic acids is 1. The average Bonchev–Trinajstić information content (AvgIpc) is 2.40. The lowest BCUT2D eigenvalue weighted by Crippen LogP contribution is -2.48. The Balaban J connectivity index is 2.47. The number of benzene rings is 1. The molecule has 0 radical (unpaired) electrons. The van der Waals surface area contributed by atoms with Crippen molar-refractivity contribution < 1.29 is 4.79 Å². The van der Waals surface area contributed by atoms with Crippen LogP contribution in [0, 0.1) is 0 Å². The topological polar surface area (TPSA) is 32.3 Å². The van der Waals surface area contributed by atoms with Gasteiger partial charge in [0.1, 0.15) is 0 Å². The lowest BCUT2D eigenvalue weighted by atomic mass is 10.1. The van der Waals surface area contributed by atoms with E-state index < -0.39 is 0 Å². The zero-order chi connectivity index (χ0) is 14.3. The van der Waals surface area contributed by atoms with Crippen LogP contribution in [0.3, 0.4) is 0 Å². The maximum atomic E-state index is 12.2. The summed E-state index contributed by atoms with van der Waals surface area (Å²) in [6.45, 7) is 10.00. The van der Waals surface area contributed by atoms with Gasteiger partial charge >= 0.3 is 0 Å². The standard InChI is InChI=1S/C16H26N2O/c1-5-18(6-2)14(4)16(19)17-13(3)12-15-10-8-7-9-11-15/h7-11,13-14H,5-6,12H2,1-4H3,(H,17,19). The second kappa shape index (κ2) is 7.95. The second-order valence-corrected chi connectivity index (χ2v) is 5.00. The highest BCUT2D eigenvalue weighted by atomic mass is 16.2. The number of nitrogens with zero attached hydrogens (tertiary/aromatic N) is 1. The van der Waals surface area contributed by atoms with E-state index in [0.29, 0.717) is 0 Å². The molecule has 0 bridgehead atoms. The van der Waals surface area contributed by atoms with Gasteiger partial charge in [-0.3, -0.25) is 9.69 Å². The van der Waals surface area contributed by atoms with Crippen LogP contribution in [0.2, 0.25) is 0 Å². The summed E-state index contributed by atoms with van der Waals surface area (Å²) in [6.07, 6.45) is 0.873. The van der Waals surface area contributed by atoms with Crippen molar-refractivity contribution in [3.05, 3.63) is 35.9 Å². The third-order valence-corrected chi connectivity index (χ3v) is 3.51. The summed E-state index contributed by atoms with van der Waals surface area (Å²) in [6, 6.07) is 10.4. The predicted molar refractivity (Wildman–Crippen MR) is 80.1 cm³/mol. The van der Waals surface area contributed by atoms with E-state index in [1.807, 2.05) is 25.1 Å². The van der Waals surface area contributed by atoms with Gasteiger partial charge in [0.15, 0.2) is 0 Å². The molecule has 2 atom stereocenters. The Kier molecular flexibility index (Phi) is 6.57. The molecule has 19 heavy (non-hydrogen) atoms. The van der Waals surface area contributed by atoms with Gasteiger partial charge in [0.2, 0.25) is 5.91 Å². The summed E-state index contributed by atoms with van der Waals surface area (Å²) in [7, 11) is 0. The first kappa shape index (κ1) is 15.7. The molecule has 1 aromatic carbocycles. The fourth-order valence-corrected chi connectivity index (χ4v) is 2.32. The van der Waals surface area contributed by atoms with Crippen LogP contribution in [0.1, 0.15) is 33.3 Å². The Labute approximate surface area is 117 Å². The normalized spacial score (nSPS) is 14.2. The molecule has 0 spiro atoms. The van der Waals surface area contributed by atoms with E-state index in [4.69, 9.17) is 0 Å².